The largest absolute Gasteiger partial charge is 0.480 e. The molecule has 2 atom stereocenters. The van der Waals surface area contributed by atoms with Crippen LogP contribution in [0.25, 0.3) is 0 Å². The normalized spacial score (nSPS) is 13.3. The number of aryl methyl sites for hydroxylation is 1. The van der Waals surface area contributed by atoms with E-state index < -0.39 is 24.0 Å². The summed E-state index contributed by atoms with van der Waals surface area (Å²) in [5.74, 6) is -2.03. The number of amides is 2. The molecule has 1 aromatic rings. The smallest absolute Gasteiger partial charge is 0.326 e. The van der Waals surface area contributed by atoms with Crippen molar-refractivity contribution in [3.63, 3.8) is 0 Å². The fourth-order valence-electron chi connectivity index (χ4n) is 2.10. The van der Waals surface area contributed by atoms with Gasteiger partial charge in [-0.1, -0.05) is 31.5 Å². The lowest BCUT2D eigenvalue weighted by atomic mass is 10.0. The molecule has 0 aliphatic carbocycles. The molecule has 0 radical (unpaired) electrons. The van der Waals surface area contributed by atoms with Gasteiger partial charge in [0.2, 0.25) is 5.91 Å². The Balaban J connectivity index is 2.93. The third-order valence-corrected chi connectivity index (χ3v) is 3.79. The first-order valence-corrected chi connectivity index (χ1v) is 7.52. The molecule has 2 N–H and O–H groups in total. The lowest BCUT2D eigenvalue weighted by Crippen LogP contribution is -2.53. The highest BCUT2D eigenvalue weighted by Gasteiger charge is 2.31. The lowest BCUT2D eigenvalue weighted by Gasteiger charge is -2.29. The average Bonchev–Trinajstić information content (AvgIpc) is 2.49. The van der Waals surface area contributed by atoms with Gasteiger partial charge in [0, 0.05) is 12.6 Å². The Hall–Kier alpha value is -2.37. The van der Waals surface area contributed by atoms with Gasteiger partial charge in [0.25, 0.3) is 5.91 Å². The number of nitrogens with zero attached hydrogens (tertiary/aromatic N) is 1. The summed E-state index contributed by atoms with van der Waals surface area (Å²) in [6, 6.07) is 5.32. The quantitative estimate of drug-likeness (QED) is 0.835. The molecule has 0 aliphatic rings. The number of carboxylic acid groups (broad SMARTS) is 1. The fraction of sp³-hybridized carbons (Fsp3) is 0.471. The van der Waals surface area contributed by atoms with Crippen LogP contribution in [0.1, 0.15) is 36.7 Å². The highest BCUT2D eigenvalue weighted by Crippen LogP contribution is 2.10. The molecular weight excluding hydrogens is 296 g/mol. The zero-order valence-corrected chi connectivity index (χ0v) is 14.2. The Morgan fingerprint density at radius 2 is 1.78 bits per heavy atom. The van der Waals surface area contributed by atoms with Crippen molar-refractivity contribution >= 4 is 17.8 Å². The van der Waals surface area contributed by atoms with Gasteiger partial charge < -0.3 is 15.3 Å². The van der Waals surface area contributed by atoms with Crippen molar-refractivity contribution in [2.75, 3.05) is 7.05 Å². The Labute approximate surface area is 136 Å². The molecule has 126 valence electrons. The van der Waals surface area contributed by atoms with E-state index in [0.717, 1.165) is 10.5 Å². The summed E-state index contributed by atoms with van der Waals surface area (Å²) in [6.07, 6.45) is 0. The predicted molar refractivity (Wildman–Crippen MR) is 87.1 cm³/mol. The second-order valence-corrected chi connectivity index (χ2v) is 6.03. The van der Waals surface area contributed by atoms with Crippen molar-refractivity contribution in [1.82, 2.24) is 10.2 Å². The molecule has 0 saturated heterocycles. The van der Waals surface area contributed by atoms with Crippen LogP contribution in [-0.4, -0.2) is 46.9 Å². The zero-order chi connectivity index (χ0) is 17.7. The maximum atomic E-state index is 12.5. The van der Waals surface area contributed by atoms with Crippen molar-refractivity contribution in [1.29, 1.82) is 0 Å². The number of carbonyl (C=O) groups excluding carboxylic acids is 2. The van der Waals surface area contributed by atoms with Gasteiger partial charge in [0.1, 0.15) is 12.1 Å². The van der Waals surface area contributed by atoms with E-state index in [4.69, 9.17) is 5.11 Å². The van der Waals surface area contributed by atoms with Crippen LogP contribution in [0.2, 0.25) is 0 Å². The van der Waals surface area contributed by atoms with E-state index in [1.54, 1.807) is 32.0 Å². The second-order valence-electron chi connectivity index (χ2n) is 6.03. The molecule has 6 heteroatoms. The minimum absolute atomic E-state index is 0.167. The van der Waals surface area contributed by atoms with Gasteiger partial charge in [-0.3, -0.25) is 9.59 Å². The average molecular weight is 320 g/mol. The van der Waals surface area contributed by atoms with Crippen LogP contribution in [-0.2, 0) is 9.59 Å². The van der Waals surface area contributed by atoms with Crippen LogP contribution in [0.5, 0.6) is 0 Å². The monoisotopic (exact) mass is 320 g/mol. The number of nitrogens with one attached hydrogen (secondary N) is 1. The molecule has 2 unspecified atom stereocenters. The number of rotatable bonds is 6. The highest BCUT2D eigenvalue weighted by atomic mass is 16.4. The van der Waals surface area contributed by atoms with Crippen LogP contribution in [0.4, 0.5) is 0 Å². The SMILES string of the molecule is Cc1cccc(C(=O)NC(C(=O)N(C)C(C)C(=O)O)C(C)C)c1. The van der Waals surface area contributed by atoms with Crippen molar-refractivity contribution in [2.24, 2.45) is 5.92 Å². The summed E-state index contributed by atoms with van der Waals surface area (Å²) >= 11 is 0. The van der Waals surface area contributed by atoms with Crippen molar-refractivity contribution in [2.45, 2.75) is 39.8 Å². The van der Waals surface area contributed by atoms with Gasteiger partial charge in [0.15, 0.2) is 0 Å². The van der Waals surface area contributed by atoms with Crippen LogP contribution in [0, 0.1) is 12.8 Å². The molecule has 0 fully saturated rings. The molecule has 0 spiro atoms. The molecule has 6 nitrogen and oxygen atoms in total. The van der Waals surface area contributed by atoms with Gasteiger partial charge in [-0.15, -0.1) is 0 Å². The number of carbonyl (C=O) groups is 3. The topological polar surface area (TPSA) is 86.7 Å². The third kappa shape index (κ3) is 4.81. The molecule has 0 aromatic heterocycles. The molecule has 0 saturated carbocycles. The van der Waals surface area contributed by atoms with Crippen LogP contribution >= 0.6 is 0 Å². The number of carboxylic acids is 1. The van der Waals surface area contributed by atoms with E-state index in [1.807, 2.05) is 13.0 Å². The van der Waals surface area contributed by atoms with E-state index in [-0.39, 0.29) is 11.8 Å². The molecule has 1 rings (SSSR count). The summed E-state index contributed by atoms with van der Waals surface area (Å²) in [6.45, 7) is 6.92. The Morgan fingerprint density at radius 3 is 2.26 bits per heavy atom. The number of hydrogen-bond acceptors (Lipinski definition) is 3. The first-order valence-electron chi connectivity index (χ1n) is 7.52. The Kier molecular flexibility index (Phi) is 6.30. The van der Waals surface area contributed by atoms with Crippen molar-refractivity contribution < 1.29 is 19.5 Å². The van der Waals surface area contributed by atoms with Gasteiger partial charge in [-0.2, -0.15) is 0 Å². The van der Waals surface area contributed by atoms with E-state index in [2.05, 4.69) is 5.32 Å². The van der Waals surface area contributed by atoms with Crippen molar-refractivity contribution in [3.8, 4) is 0 Å². The number of aliphatic carboxylic acids is 1. The molecule has 23 heavy (non-hydrogen) atoms. The van der Waals surface area contributed by atoms with Crippen molar-refractivity contribution in [3.05, 3.63) is 35.4 Å². The van der Waals surface area contributed by atoms with E-state index in [0.29, 0.717) is 5.56 Å². The summed E-state index contributed by atoms with van der Waals surface area (Å²) in [5, 5.41) is 11.7. The summed E-state index contributed by atoms with van der Waals surface area (Å²) < 4.78 is 0. The van der Waals surface area contributed by atoms with Gasteiger partial charge >= 0.3 is 5.97 Å². The molecule has 1 aromatic carbocycles. The Morgan fingerprint density at radius 1 is 1.17 bits per heavy atom. The maximum absolute atomic E-state index is 12.5. The predicted octanol–water partition coefficient (Wildman–Crippen LogP) is 1.68. The first kappa shape index (κ1) is 18.7. The van der Waals surface area contributed by atoms with Crippen LogP contribution in [0.15, 0.2) is 24.3 Å². The molecule has 2 amide bonds. The summed E-state index contributed by atoms with van der Waals surface area (Å²) in [4.78, 5) is 37.0. The molecule has 0 aliphatic heterocycles. The lowest BCUT2D eigenvalue weighted by molar-refractivity contribution is -0.149. The number of benzene rings is 1. The molecule has 0 bridgehead atoms. The fourth-order valence-corrected chi connectivity index (χ4v) is 2.10. The first-order chi connectivity index (χ1) is 10.6. The highest BCUT2D eigenvalue weighted by molar-refractivity contribution is 5.98. The minimum Gasteiger partial charge on any atom is -0.480 e. The van der Waals surface area contributed by atoms with E-state index in [1.165, 1.54) is 14.0 Å². The minimum atomic E-state index is -1.09. The Bertz CT molecular complexity index is 598. The van der Waals surface area contributed by atoms with Crippen LogP contribution in [0.3, 0.4) is 0 Å². The third-order valence-electron chi connectivity index (χ3n) is 3.79. The number of hydrogen-bond donors (Lipinski definition) is 2. The molecular formula is C17H24N2O4. The van der Waals surface area contributed by atoms with Crippen LogP contribution < -0.4 is 5.32 Å². The number of likely N-dealkylation sites (N-methyl/N-ethyl adjacent to an activating group) is 1. The van der Waals surface area contributed by atoms with E-state index >= 15 is 0 Å². The molecule has 0 heterocycles. The maximum Gasteiger partial charge on any atom is 0.326 e. The van der Waals surface area contributed by atoms with Gasteiger partial charge in [0.05, 0.1) is 0 Å². The zero-order valence-electron chi connectivity index (χ0n) is 14.2. The van der Waals surface area contributed by atoms with E-state index in [9.17, 15) is 14.4 Å². The standard InChI is InChI=1S/C17H24N2O4/c1-10(2)14(16(21)19(5)12(4)17(22)23)18-15(20)13-8-6-7-11(3)9-13/h6-10,12,14H,1-5H3,(H,18,20)(H,22,23). The van der Waals surface area contributed by atoms with Gasteiger partial charge in [-0.05, 0) is 31.9 Å². The van der Waals surface area contributed by atoms with Gasteiger partial charge in [-0.25, -0.2) is 4.79 Å². The second kappa shape index (κ2) is 7.76. The summed E-state index contributed by atoms with van der Waals surface area (Å²) in [5.41, 5.74) is 1.42. The summed E-state index contributed by atoms with van der Waals surface area (Å²) in [7, 11) is 1.43.